The lowest BCUT2D eigenvalue weighted by atomic mass is 9.86. The van der Waals surface area contributed by atoms with Crippen molar-refractivity contribution < 1.29 is 23.1 Å². The van der Waals surface area contributed by atoms with Crippen LogP contribution < -0.4 is 5.32 Å². The van der Waals surface area contributed by atoms with Gasteiger partial charge in [0.1, 0.15) is 6.04 Å². The summed E-state index contributed by atoms with van der Waals surface area (Å²) in [5, 5.41) is 12.0. The Balaban J connectivity index is 1.91. The molecule has 0 aromatic carbocycles. The minimum atomic E-state index is -3.38. The lowest BCUT2D eigenvalue weighted by molar-refractivity contribution is -0.142. The highest BCUT2D eigenvalue weighted by molar-refractivity contribution is 7.89. The molecule has 2 N–H and O–H groups in total. The minimum absolute atomic E-state index is 0.0473. The fourth-order valence-electron chi connectivity index (χ4n) is 3.56. The molecule has 0 aromatic rings. The number of hydrogen-bond acceptors (Lipinski definition) is 4. The number of aliphatic carboxylic acids is 1. The number of amides is 1. The Kier molecular flexibility index (Phi) is 6.62. The Morgan fingerprint density at radius 2 is 1.83 bits per heavy atom. The molecule has 138 valence electrons. The molecule has 1 saturated carbocycles. The summed E-state index contributed by atoms with van der Waals surface area (Å²) in [4.78, 5) is 23.5. The lowest BCUT2D eigenvalue weighted by Crippen LogP contribution is -2.50. The summed E-state index contributed by atoms with van der Waals surface area (Å²) in [7, 11) is -3.38. The van der Waals surface area contributed by atoms with Crippen LogP contribution in [0.4, 0.5) is 0 Å². The summed E-state index contributed by atoms with van der Waals surface area (Å²) in [6, 6.07) is -0.655. The normalized spacial score (nSPS) is 28.6. The molecule has 1 atom stereocenters. The molecule has 24 heavy (non-hydrogen) atoms. The highest BCUT2D eigenvalue weighted by Gasteiger charge is 2.39. The first-order valence-electron chi connectivity index (χ1n) is 8.88. The Morgan fingerprint density at radius 1 is 1.17 bits per heavy atom. The van der Waals surface area contributed by atoms with Gasteiger partial charge in [0.15, 0.2) is 0 Å². The van der Waals surface area contributed by atoms with Crippen LogP contribution in [-0.2, 0) is 19.6 Å². The Morgan fingerprint density at radius 3 is 2.42 bits per heavy atom. The molecule has 7 nitrogen and oxygen atoms in total. The summed E-state index contributed by atoms with van der Waals surface area (Å²) >= 11 is 0. The predicted octanol–water partition coefficient (Wildman–Crippen LogP) is 1.34. The standard InChI is InChI=1S/C16H28N2O5S/c1-2-3-11-24(22,23)18-10-4-5-14(18)15(19)17-13-8-6-12(7-9-13)16(20)21/h12-14H,2-11H2,1H3,(H,17,19)(H,20,21). The van der Waals surface area contributed by atoms with Crippen molar-refractivity contribution in [3.8, 4) is 0 Å². The number of nitrogens with zero attached hydrogens (tertiary/aromatic N) is 1. The number of carbonyl (C=O) groups excluding carboxylic acids is 1. The van der Waals surface area contributed by atoms with Gasteiger partial charge in [0.05, 0.1) is 11.7 Å². The monoisotopic (exact) mass is 360 g/mol. The first-order chi connectivity index (χ1) is 11.3. The van der Waals surface area contributed by atoms with Crippen molar-refractivity contribution in [1.82, 2.24) is 9.62 Å². The van der Waals surface area contributed by atoms with Gasteiger partial charge in [-0.3, -0.25) is 9.59 Å². The third-order valence-corrected chi connectivity index (χ3v) is 7.00. The van der Waals surface area contributed by atoms with Crippen molar-refractivity contribution in [2.45, 2.75) is 70.4 Å². The van der Waals surface area contributed by atoms with Crippen LogP contribution in [0.15, 0.2) is 0 Å². The molecule has 0 spiro atoms. The molecule has 1 heterocycles. The van der Waals surface area contributed by atoms with Crippen molar-refractivity contribution in [2.75, 3.05) is 12.3 Å². The van der Waals surface area contributed by atoms with E-state index < -0.39 is 22.0 Å². The van der Waals surface area contributed by atoms with E-state index in [1.807, 2.05) is 6.92 Å². The number of carbonyl (C=O) groups is 2. The largest absolute Gasteiger partial charge is 0.481 e. The zero-order chi connectivity index (χ0) is 17.7. The minimum Gasteiger partial charge on any atom is -0.481 e. The molecule has 2 fully saturated rings. The van der Waals surface area contributed by atoms with Gasteiger partial charge in [-0.2, -0.15) is 4.31 Å². The van der Waals surface area contributed by atoms with Crippen LogP contribution in [0, 0.1) is 5.92 Å². The van der Waals surface area contributed by atoms with Crippen LogP contribution in [-0.4, -0.2) is 54.1 Å². The summed E-state index contributed by atoms with van der Waals surface area (Å²) in [5.41, 5.74) is 0. The summed E-state index contributed by atoms with van der Waals surface area (Å²) in [5.74, 6) is -1.23. The Labute approximate surface area is 143 Å². The van der Waals surface area contributed by atoms with Crippen molar-refractivity contribution in [3.63, 3.8) is 0 Å². The molecule has 0 aromatic heterocycles. The van der Waals surface area contributed by atoms with E-state index in [0.29, 0.717) is 51.5 Å². The number of sulfonamides is 1. The quantitative estimate of drug-likeness (QED) is 0.713. The average molecular weight is 360 g/mol. The lowest BCUT2D eigenvalue weighted by Gasteiger charge is -2.29. The maximum Gasteiger partial charge on any atom is 0.306 e. The third-order valence-electron chi connectivity index (χ3n) is 5.04. The van der Waals surface area contributed by atoms with Crippen molar-refractivity contribution >= 4 is 21.9 Å². The zero-order valence-electron chi connectivity index (χ0n) is 14.2. The second-order valence-corrected chi connectivity index (χ2v) is 8.87. The van der Waals surface area contributed by atoms with Crippen LogP contribution in [0.2, 0.25) is 0 Å². The topological polar surface area (TPSA) is 104 Å². The van der Waals surface area contributed by atoms with E-state index in [9.17, 15) is 18.0 Å². The van der Waals surface area contributed by atoms with Gasteiger partial charge in [-0.15, -0.1) is 0 Å². The van der Waals surface area contributed by atoms with Gasteiger partial charge < -0.3 is 10.4 Å². The second kappa shape index (κ2) is 8.29. The predicted molar refractivity (Wildman–Crippen MR) is 89.9 cm³/mol. The fourth-order valence-corrected chi connectivity index (χ4v) is 5.45. The first kappa shape index (κ1) is 19.2. The summed E-state index contributed by atoms with van der Waals surface area (Å²) in [6.45, 7) is 2.35. The molecular formula is C16H28N2O5S. The highest BCUT2D eigenvalue weighted by atomic mass is 32.2. The number of carboxylic acids is 1. The molecule has 8 heteroatoms. The molecule has 2 rings (SSSR count). The molecule has 0 bridgehead atoms. The average Bonchev–Trinajstić information content (AvgIpc) is 3.04. The van der Waals surface area contributed by atoms with Crippen molar-refractivity contribution in [3.05, 3.63) is 0 Å². The van der Waals surface area contributed by atoms with Crippen LogP contribution in [0.3, 0.4) is 0 Å². The van der Waals surface area contributed by atoms with Crippen molar-refractivity contribution in [2.24, 2.45) is 5.92 Å². The molecule has 1 aliphatic heterocycles. The maximum absolute atomic E-state index is 12.5. The number of nitrogens with one attached hydrogen (secondary N) is 1. The summed E-state index contributed by atoms with van der Waals surface area (Å²) in [6.07, 6.45) is 5.06. The van der Waals surface area contributed by atoms with Gasteiger partial charge in [0.25, 0.3) is 0 Å². The van der Waals surface area contributed by atoms with Crippen LogP contribution in [0.1, 0.15) is 58.3 Å². The molecular weight excluding hydrogens is 332 g/mol. The van der Waals surface area contributed by atoms with Crippen molar-refractivity contribution in [1.29, 1.82) is 0 Å². The fraction of sp³-hybridized carbons (Fsp3) is 0.875. The van der Waals surface area contributed by atoms with Gasteiger partial charge in [0, 0.05) is 12.6 Å². The van der Waals surface area contributed by atoms with E-state index in [-0.39, 0.29) is 23.6 Å². The Hall–Kier alpha value is -1.15. The molecule has 1 saturated heterocycles. The van der Waals surface area contributed by atoms with E-state index in [1.165, 1.54) is 4.31 Å². The molecule has 2 aliphatic rings. The molecule has 0 radical (unpaired) electrons. The van der Waals surface area contributed by atoms with E-state index in [1.54, 1.807) is 0 Å². The molecule has 1 aliphatic carbocycles. The zero-order valence-corrected chi connectivity index (χ0v) is 15.1. The molecule has 1 unspecified atom stereocenters. The first-order valence-corrected chi connectivity index (χ1v) is 10.5. The maximum atomic E-state index is 12.5. The van der Waals surface area contributed by atoms with E-state index in [2.05, 4.69) is 5.32 Å². The number of hydrogen-bond donors (Lipinski definition) is 2. The van der Waals surface area contributed by atoms with Gasteiger partial charge in [-0.1, -0.05) is 13.3 Å². The smallest absolute Gasteiger partial charge is 0.306 e. The van der Waals surface area contributed by atoms with Gasteiger partial charge in [-0.05, 0) is 44.9 Å². The number of unbranched alkanes of at least 4 members (excludes halogenated alkanes) is 1. The molecule has 1 amide bonds. The van der Waals surface area contributed by atoms with E-state index >= 15 is 0 Å². The van der Waals surface area contributed by atoms with Gasteiger partial charge >= 0.3 is 5.97 Å². The highest BCUT2D eigenvalue weighted by Crippen LogP contribution is 2.26. The van der Waals surface area contributed by atoms with Crippen LogP contribution in [0.5, 0.6) is 0 Å². The van der Waals surface area contributed by atoms with Crippen LogP contribution in [0.25, 0.3) is 0 Å². The van der Waals surface area contributed by atoms with E-state index in [4.69, 9.17) is 5.11 Å². The van der Waals surface area contributed by atoms with E-state index in [0.717, 1.165) is 6.42 Å². The SMILES string of the molecule is CCCCS(=O)(=O)N1CCCC1C(=O)NC1CCC(C(=O)O)CC1. The Bertz CT molecular complexity index is 555. The van der Waals surface area contributed by atoms with Gasteiger partial charge in [0.2, 0.25) is 15.9 Å². The van der Waals surface area contributed by atoms with Gasteiger partial charge in [-0.25, -0.2) is 8.42 Å². The summed E-state index contributed by atoms with van der Waals surface area (Å²) < 4.78 is 26.2. The second-order valence-electron chi connectivity index (χ2n) is 6.83. The number of carboxylic acid groups (broad SMARTS) is 1. The van der Waals surface area contributed by atoms with Crippen LogP contribution >= 0.6 is 0 Å². The number of rotatable bonds is 7. The third kappa shape index (κ3) is 4.69.